The van der Waals surface area contributed by atoms with Crippen LogP contribution in [0.2, 0.25) is 5.02 Å². The second-order valence-electron chi connectivity index (χ2n) is 5.72. The number of rotatable bonds is 6. The molecule has 27 heavy (non-hydrogen) atoms. The van der Waals surface area contributed by atoms with Crippen molar-refractivity contribution in [1.82, 2.24) is 4.90 Å². The molecule has 1 aliphatic heterocycles. The zero-order valence-corrected chi connectivity index (χ0v) is 14.9. The maximum absolute atomic E-state index is 12.3. The van der Waals surface area contributed by atoms with Crippen molar-refractivity contribution < 1.29 is 19.5 Å². The van der Waals surface area contributed by atoms with Crippen LogP contribution in [0.4, 0.5) is 11.4 Å². The van der Waals surface area contributed by atoms with Crippen LogP contribution < -0.4 is 10.6 Å². The fourth-order valence-electron chi connectivity index (χ4n) is 2.58. The van der Waals surface area contributed by atoms with Crippen molar-refractivity contribution in [1.29, 1.82) is 0 Å². The standard InChI is InChI=1S/C19H16ClN3O4/c20-15-7-2-1-6-14(15)18(26)22-13-5-3-4-12(10-13)21-16-11-17(25)23(8-9-24)19(16)27/h1-7,10-11,21,24H,8-9H2,(H,22,26). The fraction of sp³-hybridized carbons (Fsp3) is 0.105. The summed E-state index contributed by atoms with van der Waals surface area (Å²) in [6, 6.07) is 13.4. The summed E-state index contributed by atoms with van der Waals surface area (Å²) in [6.07, 6.45) is 1.17. The van der Waals surface area contributed by atoms with Crippen LogP contribution in [-0.2, 0) is 9.59 Å². The highest BCUT2D eigenvalue weighted by atomic mass is 35.5. The Kier molecular flexibility index (Phi) is 5.54. The van der Waals surface area contributed by atoms with E-state index in [2.05, 4.69) is 10.6 Å². The normalized spacial score (nSPS) is 13.6. The third-order valence-electron chi connectivity index (χ3n) is 3.85. The van der Waals surface area contributed by atoms with Gasteiger partial charge in [0, 0.05) is 17.5 Å². The van der Waals surface area contributed by atoms with E-state index in [1.165, 1.54) is 6.08 Å². The van der Waals surface area contributed by atoms with Crippen LogP contribution in [0.3, 0.4) is 0 Å². The maximum Gasteiger partial charge on any atom is 0.277 e. The molecule has 138 valence electrons. The van der Waals surface area contributed by atoms with Crippen molar-refractivity contribution in [2.45, 2.75) is 0 Å². The Morgan fingerprint density at radius 2 is 1.81 bits per heavy atom. The minimum Gasteiger partial charge on any atom is -0.395 e. The largest absolute Gasteiger partial charge is 0.395 e. The first-order valence-corrected chi connectivity index (χ1v) is 8.49. The van der Waals surface area contributed by atoms with E-state index in [1.807, 2.05) is 0 Å². The number of amides is 3. The first kappa shape index (κ1) is 18.6. The Morgan fingerprint density at radius 3 is 2.56 bits per heavy atom. The summed E-state index contributed by atoms with van der Waals surface area (Å²) in [5, 5.41) is 14.9. The number of carbonyl (C=O) groups excluding carboxylic acids is 3. The predicted molar refractivity (Wildman–Crippen MR) is 101 cm³/mol. The van der Waals surface area contributed by atoms with Crippen LogP contribution in [0.25, 0.3) is 0 Å². The van der Waals surface area contributed by atoms with Crippen molar-refractivity contribution in [2.24, 2.45) is 0 Å². The number of aliphatic hydroxyl groups excluding tert-OH is 1. The molecule has 2 aromatic carbocycles. The Labute approximate surface area is 160 Å². The number of nitrogens with zero attached hydrogens (tertiary/aromatic N) is 1. The van der Waals surface area contributed by atoms with Gasteiger partial charge in [-0.05, 0) is 30.3 Å². The summed E-state index contributed by atoms with van der Waals surface area (Å²) >= 11 is 6.03. The second-order valence-corrected chi connectivity index (χ2v) is 6.12. The molecule has 2 aromatic rings. The van der Waals surface area contributed by atoms with E-state index in [4.69, 9.17) is 16.7 Å². The number of hydrogen-bond acceptors (Lipinski definition) is 5. The molecule has 0 radical (unpaired) electrons. The maximum atomic E-state index is 12.3. The van der Waals surface area contributed by atoms with Gasteiger partial charge in [0.05, 0.1) is 23.7 Å². The number of carbonyl (C=O) groups is 3. The molecule has 1 heterocycles. The summed E-state index contributed by atoms with van der Waals surface area (Å²) in [5.74, 6) is -1.36. The van der Waals surface area contributed by atoms with Gasteiger partial charge >= 0.3 is 0 Å². The number of benzene rings is 2. The van der Waals surface area contributed by atoms with Crippen LogP contribution >= 0.6 is 11.6 Å². The SMILES string of the molecule is O=C(Nc1cccc(NC2=CC(=O)N(CCO)C2=O)c1)c1ccccc1Cl. The molecule has 0 aromatic heterocycles. The lowest BCUT2D eigenvalue weighted by Crippen LogP contribution is -2.34. The van der Waals surface area contributed by atoms with Gasteiger partial charge in [0.2, 0.25) is 0 Å². The average molecular weight is 386 g/mol. The molecule has 3 N–H and O–H groups in total. The Morgan fingerprint density at radius 1 is 1.07 bits per heavy atom. The molecule has 8 heteroatoms. The summed E-state index contributed by atoms with van der Waals surface area (Å²) in [7, 11) is 0. The minimum absolute atomic E-state index is 0.0622. The molecule has 1 aliphatic rings. The summed E-state index contributed by atoms with van der Waals surface area (Å²) < 4.78 is 0. The van der Waals surface area contributed by atoms with Gasteiger partial charge in [0.15, 0.2) is 0 Å². The molecule has 0 aliphatic carbocycles. The van der Waals surface area contributed by atoms with Crippen molar-refractivity contribution in [2.75, 3.05) is 23.8 Å². The molecule has 0 bridgehead atoms. The Hall–Kier alpha value is -3.16. The van der Waals surface area contributed by atoms with Crippen LogP contribution in [0, 0.1) is 0 Å². The molecular formula is C19H16ClN3O4. The van der Waals surface area contributed by atoms with Crippen molar-refractivity contribution in [3.63, 3.8) is 0 Å². The minimum atomic E-state index is -0.514. The van der Waals surface area contributed by atoms with E-state index in [1.54, 1.807) is 48.5 Å². The Balaban J connectivity index is 1.72. The van der Waals surface area contributed by atoms with Gasteiger partial charge in [-0.25, -0.2) is 0 Å². The highest BCUT2D eigenvalue weighted by molar-refractivity contribution is 6.34. The van der Waals surface area contributed by atoms with Gasteiger partial charge in [-0.2, -0.15) is 0 Å². The van der Waals surface area contributed by atoms with Gasteiger partial charge in [-0.15, -0.1) is 0 Å². The quantitative estimate of drug-likeness (QED) is 0.662. The van der Waals surface area contributed by atoms with E-state index in [-0.39, 0.29) is 24.8 Å². The number of halogens is 1. The van der Waals surface area contributed by atoms with Gasteiger partial charge in [-0.3, -0.25) is 19.3 Å². The zero-order chi connectivity index (χ0) is 19.4. The van der Waals surface area contributed by atoms with E-state index in [0.717, 1.165) is 4.90 Å². The number of aliphatic hydroxyl groups is 1. The van der Waals surface area contributed by atoms with Crippen LogP contribution in [0.5, 0.6) is 0 Å². The van der Waals surface area contributed by atoms with E-state index < -0.39 is 11.8 Å². The lowest BCUT2D eigenvalue weighted by Gasteiger charge is -2.14. The third kappa shape index (κ3) is 4.16. The van der Waals surface area contributed by atoms with E-state index in [0.29, 0.717) is 22.0 Å². The van der Waals surface area contributed by atoms with Gasteiger partial charge in [-0.1, -0.05) is 29.8 Å². The summed E-state index contributed by atoms with van der Waals surface area (Å²) in [5.41, 5.74) is 1.46. The third-order valence-corrected chi connectivity index (χ3v) is 4.18. The highest BCUT2D eigenvalue weighted by Crippen LogP contribution is 2.22. The highest BCUT2D eigenvalue weighted by Gasteiger charge is 2.30. The van der Waals surface area contributed by atoms with Gasteiger partial charge < -0.3 is 15.7 Å². The van der Waals surface area contributed by atoms with Crippen LogP contribution in [-0.4, -0.2) is 40.9 Å². The second kappa shape index (κ2) is 8.03. The van der Waals surface area contributed by atoms with Crippen molar-refractivity contribution in [3.8, 4) is 0 Å². The summed E-state index contributed by atoms with van der Waals surface area (Å²) in [6.45, 7) is -0.366. The fourth-order valence-corrected chi connectivity index (χ4v) is 2.81. The zero-order valence-electron chi connectivity index (χ0n) is 14.1. The average Bonchev–Trinajstić information content (AvgIpc) is 2.90. The topological polar surface area (TPSA) is 98.7 Å². The molecule has 0 fully saturated rings. The number of imide groups is 1. The molecule has 0 saturated heterocycles. The molecule has 3 rings (SSSR count). The van der Waals surface area contributed by atoms with Crippen molar-refractivity contribution in [3.05, 3.63) is 70.9 Å². The molecule has 0 saturated carbocycles. The molecule has 7 nitrogen and oxygen atoms in total. The molecule has 3 amide bonds. The van der Waals surface area contributed by atoms with E-state index in [9.17, 15) is 14.4 Å². The molecule has 0 unspecified atom stereocenters. The summed E-state index contributed by atoms with van der Waals surface area (Å²) in [4.78, 5) is 37.3. The smallest absolute Gasteiger partial charge is 0.277 e. The van der Waals surface area contributed by atoms with E-state index >= 15 is 0 Å². The lowest BCUT2D eigenvalue weighted by atomic mass is 10.2. The van der Waals surface area contributed by atoms with Gasteiger partial charge in [0.25, 0.3) is 17.7 Å². The first-order valence-electron chi connectivity index (χ1n) is 8.11. The number of hydrogen-bond donors (Lipinski definition) is 3. The lowest BCUT2D eigenvalue weighted by molar-refractivity contribution is -0.137. The van der Waals surface area contributed by atoms with Crippen LogP contribution in [0.1, 0.15) is 10.4 Å². The number of anilines is 2. The number of nitrogens with one attached hydrogen (secondary N) is 2. The molecule has 0 spiro atoms. The van der Waals surface area contributed by atoms with Crippen molar-refractivity contribution >= 4 is 40.7 Å². The van der Waals surface area contributed by atoms with Crippen LogP contribution in [0.15, 0.2) is 60.3 Å². The predicted octanol–water partition coefficient (Wildman–Crippen LogP) is 2.25. The number of β-amino-alcohol motifs (C(OH)–C–C–N with tert-alkyl or cyclic N) is 1. The first-order chi connectivity index (χ1) is 13.0. The Bertz CT molecular complexity index is 942. The molecular weight excluding hydrogens is 370 g/mol. The monoisotopic (exact) mass is 385 g/mol. The molecule has 0 atom stereocenters. The van der Waals surface area contributed by atoms with Gasteiger partial charge in [0.1, 0.15) is 5.70 Å².